The van der Waals surface area contributed by atoms with Gasteiger partial charge in [0.15, 0.2) is 5.13 Å². The van der Waals surface area contributed by atoms with Gasteiger partial charge in [-0.05, 0) is 45.4 Å². The lowest BCUT2D eigenvalue weighted by atomic mass is 10.2. The minimum Gasteiger partial charge on any atom is -0.374 e. The Hall–Kier alpha value is -1.88. The fraction of sp³-hybridized carbons (Fsp3) is 0.333. The average Bonchev–Trinajstić information content (AvgIpc) is 2.68. The number of carbonyl (C=O) groups is 1. The molecule has 4 nitrogen and oxygen atoms in total. The largest absolute Gasteiger partial charge is 0.374 e. The molecule has 1 heterocycles. The molecule has 2 N–H and O–H groups in total. The normalized spacial score (nSPS) is 12.0. The molecule has 0 aliphatic rings. The van der Waals surface area contributed by atoms with Gasteiger partial charge < -0.3 is 10.6 Å². The standard InChI is InChI=1S/C15H19N3OS/c1-9-6-5-7-13(8-9)16-11(3)14(19)18-15-17-10(2)12(4)20-15/h5-8,11,16H,1-4H3,(H,17,18,19)/t11-/m0/s1. The second kappa shape index (κ2) is 6.05. The molecule has 106 valence electrons. The Morgan fingerprint density at radius 2 is 2.05 bits per heavy atom. The second-order valence-corrected chi connectivity index (χ2v) is 6.09. The number of nitrogens with zero attached hydrogens (tertiary/aromatic N) is 1. The molecule has 0 saturated heterocycles. The Balaban J connectivity index is 1.98. The summed E-state index contributed by atoms with van der Waals surface area (Å²) >= 11 is 1.50. The maximum atomic E-state index is 12.1. The van der Waals surface area contributed by atoms with Gasteiger partial charge in [0.25, 0.3) is 0 Å². The van der Waals surface area contributed by atoms with Crippen LogP contribution in [-0.2, 0) is 4.79 Å². The Labute approximate surface area is 123 Å². The Bertz CT molecular complexity index is 602. The Morgan fingerprint density at radius 1 is 1.30 bits per heavy atom. The molecule has 0 aliphatic carbocycles. The number of nitrogens with one attached hydrogen (secondary N) is 2. The number of carbonyl (C=O) groups excluding carboxylic acids is 1. The van der Waals surface area contributed by atoms with Crippen LogP contribution < -0.4 is 10.6 Å². The molecule has 2 aromatic rings. The fourth-order valence-corrected chi connectivity index (χ4v) is 2.61. The van der Waals surface area contributed by atoms with Crippen LogP contribution in [0.5, 0.6) is 0 Å². The van der Waals surface area contributed by atoms with Crippen molar-refractivity contribution in [3.63, 3.8) is 0 Å². The fourth-order valence-electron chi connectivity index (χ4n) is 1.79. The van der Waals surface area contributed by atoms with Crippen molar-refractivity contribution in [1.82, 2.24) is 4.98 Å². The molecule has 0 saturated carbocycles. The average molecular weight is 289 g/mol. The summed E-state index contributed by atoms with van der Waals surface area (Å²) in [5, 5.41) is 6.69. The minimum absolute atomic E-state index is 0.0831. The summed E-state index contributed by atoms with van der Waals surface area (Å²) in [6.07, 6.45) is 0. The highest BCUT2D eigenvalue weighted by molar-refractivity contribution is 7.15. The van der Waals surface area contributed by atoms with E-state index in [0.717, 1.165) is 21.8 Å². The lowest BCUT2D eigenvalue weighted by Crippen LogP contribution is -2.31. The van der Waals surface area contributed by atoms with Crippen LogP contribution in [0.1, 0.15) is 23.1 Å². The summed E-state index contributed by atoms with van der Waals surface area (Å²) in [5.41, 5.74) is 3.07. The van der Waals surface area contributed by atoms with Gasteiger partial charge in [-0.25, -0.2) is 4.98 Å². The lowest BCUT2D eigenvalue weighted by molar-refractivity contribution is -0.116. The summed E-state index contributed by atoms with van der Waals surface area (Å²) in [4.78, 5) is 17.6. The van der Waals surface area contributed by atoms with Crippen molar-refractivity contribution in [1.29, 1.82) is 0 Å². The molecule has 0 spiro atoms. The molecule has 5 heteroatoms. The van der Waals surface area contributed by atoms with Crippen molar-refractivity contribution >= 4 is 28.1 Å². The summed E-state index contributed by atoms with van der Waals surface area (Å²) in [6, 6.07) is 7.64. The molecular formula is C15H19N3OS. The number of anilines is 2. The first-order valence-electron chi connectivity index (χ1n) is 6.54. The lowest BCUT2D eigenvalue weighted by Gasteiger charge is -2.14. The van der Waals surface area contributed by atoms with Gasteiger partial charge in [0, 0.05) is 10.6 Å². The van der Waals surface area contributed by atoms with Gasteiger partial charge in [-0.1, -0.05) is 12.1 Å². The van der Waals surface area contributed by atoms with Gasteiger partial charge in [0.2, 0.25) is 5.91 Å². The molecular weight excluding hydrogens is 270 g/mol. The Kier molecular flexibility index (Phi) is 4.39. The number of benzene rings is 1. The molecule has 1 atom stereocenters. The summed E-state index contributed by atoms with van der Waals surface area (Å²) < 4.78 is 0. The van der Waals surface area contributed by atoms with Gasteiger partial charge in [0.1, 0.15) is 6.04 Å². The van der Waals surface area contributed by atoms with E-state index in [1.165, 1.54) is 11.3 Å². The molecule has 1 amide bonds. The van der Waals surface area contributed by atoms with Crippen LogP contribution in [0.4, 0.5) is 10.8 Å². The van der Waals surface area contributed by atoms with Crippen molar-refractivity contribution in [2.45, 2.75) is 33.7 Å². The van der Waals surface area contributed by atoms with Gasteiger partial charge in [-0.15, -0.1) is 11.3 Å². The van der Waals surface area contributed by atoms with Gasteiger partial charge in [0.05, 0.1) is 5.69 Å². The zero-order valence-corrected chi connectivity index (χ0v) is 13.0. The molecule has 0 fully saturated rings. The molecule has 0 aliphatic heterocycles. The van der Waals surface area contributed by atoms with Crippen LogP contribution in [-0.4, -0.2) is 16.9 Å². The first-order valence-corrected chi connectivity index (χ1v) is 7.35. The maximum absolute atomic E-state index is 12.1. The number of aromatic nitrogens is 1. The monoisotopic (exact) mass is 289 g/mol. The van der Waals surface area contributed by atoms with Crippen LogP contribution >= 0.6 is 11.3 Å². The molecule has 0 unspecified atom stereocenters. The highest BCUT2D eigenvalue weighted by Gasteiger charge is 2.15. The first kappa shape index (κ1) is 14.5. The molecule has 1 aromatic carbocycles. The van der Waals surface area contributed by atoms with E-state index in [-0.39, 0.29) is 11.9 Å². The molecule has 0 bridgehead atoms. The van der Waals surface area contributed by atoms with E-state index < -0.39 is 0 Å². The topological polar surface area (TPSA) is 54.0 Å². The number of aryl methyl sites for hydroxylation is 3. The van der Waals surface area contributed by atoms with E-state index >= 15 is 0 Å². The predicted molar refractivity (Wildman–Crippen MR) is 84.5 cm³/mol. The van der Waals surface area contributed by atoms with Crippen LogP contribution in [0, 0.1) is 20.8 Å². The third-order valence-electron chi connectivity index (χ3n) is 3.05. The van der Waals surface area contributed by atoms with E-state index in [9.17, 15) is 4.79 Å². The van der Waals surface area contributed by atoms with E-state index in [1.807, 2.05) is 52.0 Å². The van der Waals surface area contributed by atoms with Crippen molar-refractivity contribution < 1.29 is 4.79 Å². The Morgan fingerprint density at radius 3 is 2.65 bits per heavy atom. The number of hydrogen-bond donors (Lipinski definition) is 2. The smallest absolute Gasteiger partial charge is 0.248 e. The van der Waals surface area contributed by atoms with E-state index in [2.05, 4.69) is 15.6 Å². The number of amides is 1. The molecule has 1 aromatic heterocycles. The summed E-state index contributed by atoms with van der Waals surface area (Å²) in [7, 11) is 0. The van der Waals surface area contributed by atoms with Gasteiger partial charge in [-0.3, -0.25) is 4.79 Å². The van der Waals surface area contributed by atoms with Crippen molar-refractivity contribution in [3.05, 3.63) is 40.4 Å². The second-order valence-electron chi connectivity index (χ2n) is 4.89. The number of hydrogen-bond acceptors (Lipinski definition) is 4. The van der Waals surface area contributed by atoms with Gasteiger partial charge in [-0.2, -0.15) is 0 Å². The number of rotatable bonds is 4. The third kappa shape index (κ3) is 3.57. The van der Waals surface area contributed by atoms with Gasteiger partial charge >= 0.3 is 0 Å². The SMILES string of the molecule is Cc1cccc(N[C@@H](C)C(=O)Nc2nc(C)c(C)s2)c1. The number of thiazole rings is 1. The van der Waals surface area contributed by atoms with Crippen LogP contribution in [0.25, 0.3) is 0 Å². The van der Waals surface area contributed by atoms with E-state index in [0.29, 0.717) is 5.13 Å². The molecule has 0 radical (unpaired) electrons. The van der Waals surface area contributed by atoms with Crippen LogP contribution in [0.15, 0.2) is 24.3 Å². The highest BCUT2D eigenvalue weighted by atomic mass is 32.1. The van der Waals surface area contributed by atoms with Crippen LogP contribution in [0.2, 0.25) is 0 Å². The first-order chi connectivity index (χ1) is 9.45. The van der Waals surface area contributed by atoms with E-state index in [4.69, 9.17) is 0 Å². The minimum atomic E-state index is -0.318. The zero-order chi connectivity index (χ0) is 14.7. The quantitative estimate of drug-likeness (QED) is 0.905. The predicted octanol–water partition coefficient (Wildman–Crippen LogP) is 3.51. The third-order valence-corrected chi connectivity index (χ3v) is 4.04. The summed E-state index contributed by atoms with van der Waals surface area (Å²) in [5.74, 6) is -0.0831. The zero-order valence-electron chi connectivity index (χ0n) is 12.2. The van der Waals surface area contributed by atoms with Crippen molar-refractivity contribution in [2.24, 2.45) is 0 Å². The maximum Gasteiger partial charge on any atom is 0.248 e. The molecule has 20 heavy (non-hydrogen) atoms. The van der Waals surface area contributed by atoms with Crippen molar-refractivity contribution in [2.75, 3.05) is 10.6 Å². The van der Waals surface area contributed by atoms with E-state index in [1.54, 1.807) is 0 Å². The molecule has 2 rings (SSSR count). The van der Waals surface area contributed by atoms with Crippen molar-refractivity contribution in [3.8, 4) is 0 Å². The van der Waals surface area contributed by atoms with Crippen LogP contribution in [0.3, 0.4) is 0 Å². The highest BCUT2D eigenvalue weighted by Crippen LogP contribution is 2.21. The summed E-state index contributed by atoms with van der Waals surface area (Å²) in [6.45, 7) is 7.80.